The van der Waals surface area contributed by atoms with Gasteiger partial charge in [-0.2, -0.15) is 0 Å². The summed E-state index contributed by atoms with van der Waals surface area (Å²) in [5.41, 5.74) is 7.53. The van der Waals surface area contributed by atoms with Gasteiger partial charge in [-0.1, -0.05) is 28.1 Å². The highest BCUT2D eigenvalue weighted by molar-refractivity contribution is 9.10. The topological polar surface area (TPSA) is 26.0 Å². The Labute approximate surface area is 112 Å². The lowest BCUT2D eigenvalue weighted by Crippen LogP contribution is -1.89. The number of hydrogen-bond acceptors (Lipinski definition) is 2. The molecule has 0 aliphatic heterocycles. The first-order valence-corrected chi connectivity index (χ1v) is 6.85. The number of benzene rings is 2. The third-order valence-corrected chi connectivity index (χ3v) is 3.85. The lowest BCUT2D eigenvalue weighted by molar-refractivity contribution is 0.625. The van der Waals surface area contributed by atoms with Crippen molar-refractivity contribution in [2.45, 2.75) is 10.6 Å². The second kappa shape index (κ2) is 5.56. The van der Waals surface area contributed by atoms with Crippen LogP contribution in [0.25, 0.3) is 0 Å². The summed E-state index contributed by atoms with van der Waals surface area (Å²) in [6, 6.07) is 12.6. The van der Waals surface area contributed by atoms with E-state index in [0.29, 0.717) is 5.75 Å². The number of hydrogen-bond donors (Lipinski definition) is 1. The average molecular weight is 312 g/mol. The predicted octanol–water partition coefficient (Wildman–Crippen LogP) is 4.46. The maximum Gasteiger partial charge on any atom is 0.124 e. The summed E-state index contributed by atoms with van der Waals surface area (Å²) in [5.74, 6) is 0.473. The van der Waals surface area contributed by atoms with E-state index in [0.717, 1.165) is 20.6 Å². The summed E-state index contributed by atoms with van der Waals surface area (Å²) in [4.78, 5) is 1.02. The van der Waals surface area contributed by atoms with Gasteiger partial charge in [0.2, 0.25) is 0 Å². The predicted molar refractivity (Wildman–Crippen MR) is 74.5 cm³/mol. The number of anilines is 1. The van der Waals surface area contributed by atoms with Crippen LogP contribution in [0.15, 0.2) is 51.8 Å². The van der Waals surface area contributed by atoms with Crippen LogP contribution in [0.1, 0.15) is 5.56 Å². The minimum absolute atomic E-state index is 0.226. The molecule has 0 atom stereocenters. The van der Waals surface area contributed by atoms with Crippen molar-refractivity contribution in [2.24, 2.45) is 0 Å². The molecule has 0 aliphatic carbocycles. The molecule has 17 heavy (non-hydrogen) atoms. The van der Waals surface area contributed by atoms with Crippen LogP contribution in [0.3, 0.4) is 0 Å². The highest BCUT2D eigenvalue weighted by Gasteiger charge is 2.02. The van der Waals surface area contributed by atoms with Crippen LogP contribution < -0.4 is 5.73 Å². The Morgan fingerprint density at radius 1 is 1.18 bits per heavy atom. The van der Waals surface area contributed by atoms with Gasteiger partial charge in [0.25, 0.3) is 0 Å². The molecule has 0 spiro atoms. The van der Waals surface area contributed by atoms with Crippen molar-refractivity contribution in [2.75, 3.05) is 5.73 Å². The number of nitrogens with two attached hydrogens (primary N) is 1. The third kappa shape index (κ3) is 3.48. The van der Waals surface area contributed by atoms with Crippen LogP contribution in [0, 0.1) is 5.82 Å². The maximum atomic E-state index is 13.2. The van der Waals surface area contributed by atoms with Crippen molar-refractivity contribution < 1.29 is 4.39 Å². The summed E-state index contributed by atoms with van der Waals surface area (Å²) in [5, 5.41) is 0. The summed E-state index contributed by atoms with van der Waals surface area (Å²) >= 11 is 4.88. The highest BCUT2D eigenvalue weighted by Crippen LogP contribution is 2.28. The molecule has 2 aromatic rings. The minimum atomic E-state index is -0.226. The molecule has 0 fully saturated rings. The molecule has 0 saturated carbocycles. The number of halogens is 2. The number of rotatable bonds is 3. The largest absolute Gasteiger partial charge is 0.398 e. The smallest absolute Gasteiger partial charge is 0.124 e. The standard InChI is InChI=1S/C13H11BrFNS/c14-10-5-9(6-11(15)7-10)8-17-13-4-2-1-3-12(13)16/h1-7H,8,16H2. The molecule has 0 amide bonds. The number of nitrogen functional groups attached to an aromatic ring is 1. The molecular formula is C13H11BrFNS. The SMILES string of the molecule is Nc1ccccc1SCc1cc(F)cc(Br)c1. The fourth-order valence-corrected chi connectivity index (χ4v) is 2.88. The molecule has 0 aliphatic rings. The molecule has 0 aromatic heterocycles. The van der Waals surface area contributed by atoms with Gasteiger partial charge in [-0.3, -0.25) is 0 Å². The highest BCUT2D eigenvalue weighted by atomic mass is 79.9. The van der Waals surface area contributed by atoms with E-state index in [4.69, 9.17) is 5.73 Å². The zero-order valence-electron chi connectivity index (χ0n) is 8.99. The second-order valence-electron chi connectivity index (χ2n) is 3.60. The molecule has 0 unspecified atom stereocenters. The van der Waals surface area contributed by atoms with E-state index >= 15 is 0 Å². The van der Waals surface area contributed by atoms with E-state index in [1.807, 2.05) is 30.3 Å². The van der Waals surface area contributed by atoms with Gasteiger partial charge in [-0.05, 0) is 35.9 Å². The summed E-state index contributed by atoms with van der Waals surface area (Å²) in [7, 11) is 0. The molecule has 2 N–H and O–H groups in total. The van der Waals surface area contributed by atoms with Crippen molar-refractivity contribution in [3.8, 4) is 0 Å². The first kappa shape index (κ1) is 12.5. The van der Waals surface area contributed by atoms with Gasteiger partial charge in [0.05, 0.1) is 0 Å². The van der Waals surface area contributed by atoms with Crippen molar-refractivity contribution in [3.63, 3.8) is 0 Å². The Morgan fingerprint density at radius 3 is 2.65 bits per heavy atom. The molecule has 2 rings (SSSR count). The van der Waals surface area contributed by atoms with E-state index in [9.17, 15) is 4.39 Å². The normalized spacial score (nSPS) is 10.5. The van der Waals surface area contributed by atoms with E-state index < -0.39 is 0 Å². The van der Waals surface area contributed by atoms with E-state index in [1.165, 1.54) is 12.1 Å². The first-order valence-electron chi connectivity index (χ1n) is 5.07. The van der Waals surface area contributed by atoms with E-state index in [1.54, 1.807) is 11.8 Å². The Kier molecular flexibility index (Phi) is 4.07. The van der Waals surface area contributed by atoms with Crippen LogP contribution >= 0.6 is 27.7 Å². The van der Waals surface area contributed by atoms with E-state index in [2.05, 4.69) is 15.9 Å². The van der Waals surface area contributed by atoms with Gasteiger partial charge < -0.3 is 5.73 Å². The van der Waals surface area contributed by atoms with Gasteiger partial charge >= 0.3 is 0 Å². The van der Waals surface area contributed by atoms with Gasteiger partial charge in [-0.25, -0.2) is 4.39 Å². The lowest BCUT2D eigenvalue weighted by Gasteiger charge is -2.05. The van der Waals surface area contributed by atoms with Crippen LogP contribution in [0.2, 0.25) is 0 Å². The van der Waals surface area contributed by atoms with Crippen LogP contribution in [-0.4, -0.2) is 0 Å². The van der Waals surface area contributed by atoms with Gasteiger partial charge in [0, 0.05) is 20.8 Å². The molecule has 88 valence electrons. The molecule has 0 radical (unpaired) electrons. The van der Waals surface area contributed by atoms with Crippen molar-refractivity contribution in [1.82, 2.24) is 0 Å². The van der Waals surface area contributed by atoms with Crippen molar-refractivity contribution in [1.29, 1.82) is 0 Å². The summed E-state index contributed by atoms with van der Waals surface area (Å²) in [6.07, 6.45) is 0. The van der Waals surface area contributed by atoms with Crippen LogP contribution in [0.4, 0.5) is 10.1 Å². The second-order valence-corrected chi connectivity index (χ2v) is 5.54. The molecule has 0 bridgehead atoms. The van der Waals surface area contributed by atoms with Gasteiger partial charge in [0.15, 0.2) is 0 Å². The quantitative estimate of drug-likeness (QED) is 0.669. The fourth-order valence-electron chi connectivity index (χ4n) is 1.47. The zero-order chi connectivity index (χ0) is 12.3. The molecule has 2 aromatic carbocycles. The van der Waals surface area contributed by atoms with E-state index in [-0.39, 0.29) is 5.82 Å². The molecular weight excluding hydrogens is 301 g/mol. The molecule has 4 heteroatoms. The number of thioether (sulfide) groups is 1. The first-order chi connectivity index (χ1) is 8.15. The lowest BCUT2D eigenvalue weighted by atomic mass is 10.2. The average Bonchev–Trinajstić information content (AvgIpc) is 2.27. The van der Waals surface area contributed by atoms with Gasteiger partial charge in [-0.15, -0.1) is 11.8 Å². The number of para-hydroxylation sites is 1. The third-order valence-electron chi connectivity index (χ3n) is 2.24. The molecule has 0 heterocycles. The monoisotopic (exact) mass is 311 g/mol. The van der Waals surface area contributed by atoms with Crippen molar-refractivity contribution in [3.05, 3.63) is 58.3 Å². The van der Waals surface area contributed by atoms with Gasteiger partial charge in [0.1, 0.15) is 5.82 Å². The molecule has 1 nitrogen and oxygen atoms in total. The Balaban J connectivity index is 2.10. The fraction of sp³-hybridized carbons (Fsp3) is 0.0769. The summed E-state index contributed by atoms with van der Waals surface area (Å²) < 4.78 is 13.9. The summed E-state index contributed by atoms with van der Waals surface area (Å²) in [6.45, 7) is 0. The van der Waals surface area contributed by atoms with Crippen LogP contribution in [-0.2, 0) is 5.75 Å². The Bertz CT molecular complexity index is 510. The molecule has 0 saturated heterocycles. The Morgan fingerprint density at radius 2 is 1.94 bits per heavy atom. The zero-order valence-corrected chi connectivity index (χ0v) is 11.4. The Hall–Kier alpha value is -1.00. The minimum Gasteiger partial charge on any atom is -0.398 e. The van der Waals surface area contributed by atoms with Crippen LogP contribution in [0.5, 0.6) is 0 Å². The van der Waals surface area contributed by atoms with Crippen molar-refractivity contribution >= 4 is 33.4 Å². The maximum absolute atomic E-state index is 13.2.